The molecule has 0 radical (unpaired) electrons. The molecule has 0 saturated carbocycles. The van der Waals surface area contributed by atoms with Crippen LogP contribution in [0.25, 0.3) is 0 Å². The third kappa shape index (κ3) is 3.59. The summed E-state index contributed by atoms with van der Waals surface area (Å²) in [6.07, 6.45) is 4.18. The number of aromatic nitrogens is 2. The monoisotopic (exact) mass is 293 g/mol. The third-order valence-electron chi connectivity index (χ3n) is 3.40. The lowest BCUT2D eigenvalue weighted by atomic mass is 10.2. The summed E-state index contributed by atoms with van der Waals surface area (Å²) in [6.45, 7) is 0.889. The summed E-state index contributed by atoms with van der Waals surface area (Å²) < 4.78 is 0. The van der Waals surface area contributed by atoms with Crippen molar-refractivity contribution in [1.82, 2.24) is 24.9 Å². The molecule has 0 aromatic carbocycles. The molecule has 1 fully saturated rings. The minimum atomic E-state index is -0.292. The van der Waals surface area contributed by atoms with Crippen LogP contribution in [0.3, 0.4) is 0 Å². The van der Waals surface area contributed by atoms with Crippen LogP contribution >= 0.6 is 0 Å². The first-order valence-electron chi connectivity index (χ1n) is 6.76. The van der Waals surface area contributed by atoms with Gasteiger partial charge in [-0.25, -0.2) is 4.79 Å². The number of carbonyl (C=O) groups excluding carboxylic acids is 3. The van der Waals surface area contributed by atoms with Crippen molar-refractivity contribution in [3.05, 3.63) is 18.0 Å². The average Bonchev–Trinajstić information content (AvgIpc) is 3.02. The molecule has 8 nitrogen and oxygen atoms in total. The van der Waals surface area contributed by atoms with E-state index in [4.69, 9.17) is 0 Å². The summed E-state index contributed by atoms with van der Waals surface area (Å²) >= 11 is 0. The number of amides is 4. The Morgan fingerprint density at radius 1 is 1.48 bits per heavy atom. The molecule has 4 amide bonds. The predicted molar refractivity (Wildman–Crippen MR) is 74.0 cm³/mol. The van der Waals surface area contributed by atoms with Gasteiger partial charge in [-0.05, 0) is 6.42 Å². The molecule has 8 heteroatoms. The van der Waals surface area contributed by atoms with Crippen molar-refractivity contribution < 1.29 is 14.4 Å². The minimum absolute atomic E-state index is 0.0244. The van der Waals surface area contributed by atoms with Crippen molar-refractivity contribution in [2.45, 2.75) is 19.4 Å². The van der Waals surface area contributed by atoms with Crippen LogP contribution < -0.4 is 0 Å². The van der Waals surface area contributed by atoms with Gasteiger partial charge in [-0.15, -0.1) is 0 Å². The second-order valence-electron chi connectivity index (χ2n) is 5.14. The molecule has 21 heavy (non-hydrogen) atoms. The third-order valence-corrected chi connectivity index (χ3v) is 3.40. The lowest BCUT2D eigenvalue weighted by Crippen LogP contribution is -2.33. The normalized spacial score (nSPS) is 15.0. The van der Waals surface area contributed by atoms with E-state index in [-0.39, 0.29) is 30.9 Å². The van der Waals surface area contributed by atoms with E-state index in [0.717, 1.165) is 5.56 Å². The molecule has 1 saturated heterocycles. The SMILES string of the molecule is CN(Cc1cn[nH]c1)C(=O)CCCN1C(=O)CN(C)C1=O. The number of likely N-dealkylation sites (N-methyl/N-ethyl adjacent to an activating group) is 1. The molecular formula is C13H19N5O3. The Morgan fingerprint density at radius 2 is 2.24 bits per heavy atom. The van der Waals surface area contributed by atoms with Gasteiger partial charge in [0.15, 0.2) is 0 Å². The van der Waals surface area contributed by atoms with Crippen molar-refractivity contribution in [2.75, 3.05) is 27.2 Å². The lowest BCUT2D eigenvalue weighted by Gasteiger charge is -2.17. The summed E-state index contributed by atoms with van der Waals surface area (Å²) in [7, 11) is 3.30. The van der Waals surface area contributed by atoms with Gasteiger partial charge in [0.1, 0.15) is 6.54 Å². The Morgan fingerprint density at radius 3 is 2.81 bits per heavy atom. The standard InChI is InChI=1S/C13H19N5O3/c1-16(8-10-6-14-15-7-10)11(19)4-3-5-18-12(20)9-17(2)13(18)21/h6-7H,3-5,8-9H2,1-2H3,(H,14,15). The second-order valence-corrected chi connectivity index (χ2v) is 5.14. The van der Waals surface area contributed by atoms with Crippen molar-refractivity contribution in [2.24, 2.45) is 0 Å². The van der Waals surface area contributed by atoms with Crippen molar-refractivity contribution in [3.63, 3.8) is 0 Å². The van der Waals surface area contributed by atoms with E-state index in [1.165, 1.54) is 9.80 Å². The van der Waals surface area contributed by atoms with Crippen molar-refractivity contribution in [1.29, 1.82) is 0 Å². The van der Waals surface area contributed by atoms with E-state index in [1.54, 1.807) is 31.4 Å². The molecule has 1 aromatic rings. The Kier molecular flexibility index (Phi) is 4.56. The van der Waals surface area contributed by atoms with Crippen LogP contribution in [-0.2, 0) is 16.1 Å². The molecular weight excluding hydrogens is 274 g/mol. The molecule has 1 aliphatic heterocycles. The fourth-order valence-corrected chi connectivity index (χ4v) is 2.19. The number of hydrogen-bond acceptors (Lipinski definition) is 4. The molecule has 0 unspecified atom stereocenters. The number of imide groups is 1. The first-order chi connectivity index (χ1) is 9.99. The molecule has 0 bridgehead atoms. The highest BCUT2D eigenvalue weighted by Gasteiger charge is 2.32. The maximum Gasteiger partial charge on any atom is 0.326 e. The Balaban J connectivity index is 1.74. The van der Waals surface area contributed by atoms with Gasteiger partial charge in [0.05, 0.1) is 6.20 Å². The smallest absolute Gasteiger partial charge is 0.326 e. The number of urea groups is 1. The average molecular weight is 293 g/mol. The van der Waals surface area contributed by atoms with Gasteiger partial charge in [-0.3, -0.25) is 19.6 Å². The van der Waals surface area contributed by atoms with Gasteiger partial charge in [0, 0.05) is 45.4 Å². The van der Waals surface area contributed by atoms with Gasteiger partial charge in [-0.2, -0.15) is 5.10 Å². The van der Waals surface area contributed by atoms with Crippen LogP contribution in [0.2, 0.25) is 0 Å². The highest BCUT2D eigenvalue weighted by atomic mass is 16.2. The number of carbonyl (C=O) groups is 3. The molecule has 1 aromatic heterocycles. The van der Waals surface area contributed by atoms with Crippen LogP contribution in [-0.4, -0.2) is 69.9 Å². The number of rotatable bonds is 6. The fraction of sp³-hybridized carbons (Fsp3) is 0.538. The largest absolute Gasteiger partial charge is 0.341 e. The first kappa shape index (κ1) is 15.0. The van der Waals surface area contributed by atoms with E-state index in [2.05, 4.69) is 10.2 Å². The van der Waals surface area contributed by atoms with Crippen molar-refractivity contribution in [3.8, 4) is 0 Å². The van der Waals surface area contributed by atoms with Gasteiger partial charge in [0.25, 0.3) is 0 Å². The maximum atomic E-state index is 12.0. The molecule has 2 heterocycles. The van der Waals surface area contributed by atoms with Crippen molar-refractivity contribution >= 4 is 17.8 Å². The van der Waals surface area contributed by atoms with E-state index in [1.807, 2.05) is 0 Å². The topological polar surface area (TPSA) is 89.6 Å². The Labute approximate surface area is 122 Å². The first-order valence-corrected chi connectivity index (χ1v) is 6.76. The van der Waals surface area contributed by atoms with E-state index in [0.29, 0.717) is 19.4 Å². The fourth-order valence-electron chi connectivity index (χ4n) is 2.19. The number of aromatic amines is 1. The zero-order valence-corrected chi connectivity index (χ0v) is 12.2. The number of H-pyrrole nitrogens is 1. The van der Waals surface area contributed by atoms with E-state index >= 15 is 0 Å². The van der Waals surface area contributed by atoms with Gasteiger partial charge in [0.2, 0.25) is 11.8 Å². The van der Waals surface area contributed by atoms with Crippen LogP contribution in [0.5, 0.6) is 0 Å². The highest BCUT2D eigenvalue weighted by molar-refractivity contribution is 6.01. The summed E-state index contributed by atoms with van der Waals surface area (Å²) in [5.41, 5.74) is 0.928. The number of hydrogen-bond donors (Lipinski definition) is 1. The van der Waals surface area contributed by atoms with E-state index < -0.39 is 0 Å². The summed E-state index contributed by atoms with van der Waals surface area (Å²) in [6, 6.07) is -0.292. The summed E-state index contributed by atoms with van der Waals surface area (Å²) in [5.74, 6) is -0.231. The molecule has 2 rings (SSSR count). The molecule has 1 aliphatic rings. The van der Waals surface area contributed by atoms with Crippen LogP contribution in [0.15, 0.2) is 12.4 Å². The quantitative estimate of drug-likeness (QED) is 0.750. The van der Waals surface area contributed by atoms with Crippen LogP contribution in [0, 0.1) is 0 Å². The maximum absolute atomic E-state index is 12.0. The zero-order chi connectivity index (χ0) is 15.4. The molecule has 0 spiro atoms. The molecule has 0 aliphatic carbocycles. The molecule has 1 N–H and O–H groups in total. The summed E-state index contributed by atoms with van der Waals surface area (Å²) in [5, 5.41) is 6.52. The Hall–Kier alpha value is -2.38. The van der Waals surface area contributed by atoms with Crippen LogP contribution in [0.1, 0.15) is 18.4 Å². The lowest BCUT2D eigenvalue weighted by molar-refractivity contribution is -0.131. The Bertz CT molecular complexity index is 528. The van der Waals surface area contributed by atoms with Gasteiger partial charge >= 0.3 is 6.03 Å². The molecule has 114 valence electrons. The van der Waals surface area contributed by atoms with Gasteiger partial charge in [-0.1, -0.05) is 0 Å². The second kappa shape index (κ2) is 6.38. The predicted octanol–water partition coefficient (Wildman–Crippen LogP) is 0.0423. The highest BCUT2D eigenvalue weighted by Crippen LogP contribution is 2.10. The zero-order valence-electron chi connectivity index (χ0n) is 12.2. The van der Waals surface area contributed by atoms with Crippen LogP contribution in [0.4, 0.5) is 4.79 Å². The van der Waals surface area contributed by atoms with E-state index in [9.17, 15) is 14.4 Å². The number of nitrogens with zero attached hydrogens (tertiary/aromatic N) is 4. The minimum Gasteiger partial charge on any atom is -0.341 e. The summed E-state index contributed by atoms with van der Waals surface area (Å²) in [4.78, 5) is 39.4. The molecule has 0 atom stereocenters. The van der Waals surface area contributed by atoms with Gasteiger partial charge < -0.3 is 9.80 Å². The number of nitrogens with one attached hydrogen (secondary N) is 1.